The first-order valence-corrected chi connectivity index (χ1v) is 5.40. The van der Waals surface area contributed by atoms with Crippen LogP contribution in [0.15, 0.2) is 11.8 Å². The second-order valence-electron chi connectivity index (χ2n) is 2.93. The molecule has 0 aliphatic carbocycles. The van der Waals surface area contributed by atoms with E-state index in [9.17, 15) is 0 Å². The van der Waals surface area contributed by atoms with Crippen LogP contribution in [-0.4, -0.2) is 31.3 Å². The lowest BCUT2D eigenvalue weighted by Crippen LogP contribution is -2.23. The third-order valence-electron chi connectivity index (χ3n) is 1.92. The van der Waals surface area contributed by atoms with Crippen LogP contribution in [-0.2, 0) is 0 Å². The molecular weight excluding hydrogens is 176 g/mol. The minimum absolute atomic E-state index is 0.251. The molecule has 86 valence electrons. The number of nitrogens with one attached hydrogen (secondary N) is 2. The highest BCUT2D eigenvalue weighted by Gasteiger charge is 1.97. The van der Waals surface area contributed by atoms with Crippen LogP contribution >= 0.6 is 0 Å². The third kappa shape index (κ3) is 9.55. The van der Waals surface area contributed by atoms with Gasteiger partial charge in [-0.2, -0.15) is 0 Å². The lowest BCUT2D eigenvalue weighted by Gasteiger charge is -2.10. The van der Waals surface area contributed by atoms with Gasteiger partial charge < -0.3 is 15.7 Å². The van der Waals surface area contributed by atoms with E-state index in [1.54, 1.807) is 0 Å². The molecule has 0 fully saturated rings. The molecule has 3 nitrogen and oxygen atoms in total. The lowest BCUT2D eigenvalue weighted by molar-refractivity contribution is 0.288. The second-order valence-corrected chi connectivity index (χ2v) is 2.93. The average Bonchev–Trinajstić information content (AvgIpc) is 2.25. The highest BCUT2D eigenvalue weighted by atomic mass is 16.3. The van der Waals surface area contributed by atoms with Crippen molar-refractivity contribution in [3.63, 3.8) is 0 Å². The predicted molar refractivity (Wildman–Crippen MR) is 63.3 cm³/mol. The summed E-state index contributed by atoms with van der Waals surface area (Å²) in [6, 6.07) is 0.409. The molecule has 0 saturated heterocycles. The van der Waals surface area contributed by atoms with Crippen LogP contribution in [0.4, 0.5) is 0 Å². The maximum Gasteiger partial charge on any atom is 0.0447 e. The fraction of sp³-hybridized carbons (Fsp3) is 0.818. The maximum atomic E-state index is 8.51. The van der Waals surface area contributed by atoms with Crippen LogP contribution in [0.1, 0.15) is 34.1 Å². The van der Waals surface area contributed by atoms with E-state index in [2.05, 4.69) is 24.5 Å². The Morgan fingerprint density at radius 2 is 2.00 bits per heavy atom. The van der Waals surface area contributed by atoms with Crippen LogP contribution in [0.2, 0.25) is 0 Å². The van der Waals surface area contributed by atoms with E-state index < -0.39 is 0 Å². The molecule has 0 aliphatic rings. The van der Waals surface area contributed by atoms with Crippen LogP contribution in [0.3, 0.4) is 0 Å². The number of hydrogen-bond donors (Lipinski definition) is 3. The first-order chi connectivity index (χ1) is 6.72. The average molecular weight is 202 g/mol. The number of aliphatic hydroxyl groups is 1. The molecule has 1 atom stereocenters. The zero-order chi connectivity index (χ0) is 11.4. The van der Waals surface area contributed by atoms with Crippen molar-refractivity contribution in [1.82, 2.24) is 10.6 Å². The van der Waals surface area contributed by atoms with Crippen molar-refractivity contribution in [2.24, 2.45) is 0 Å². The summed E-state index contributed by atoms with van der Waals surface area (Å²) in [6.07, 6.45) is 2.80. The zero-order valence-corrected chi connectivity index (χ0v) is 10.2. The van der Waals surface area contributed by atoms with Gasteiger partial charge in [-0.3, -0.25) is 0 Å². The predicted octanol–water partition coefficient (Wildman–Crippen LogP) is 1.50. The Balaban J connectivity index is 0. The molecule has 0 aromatic heterocycles. The van der Waals surface area contributed by atoms with Crippen molar-refractivity contribution >= 4 is 0 Å². The summed E-state index contributed by atoms with van der Waals surface area (Å²) >= 11 is 0. The van der Waals surface area contributed by atoms with Gasteiger partial charge in [0.15, 0.2) is 0 Å². The standard InChI is InChI=1S/C9H20N2O.C2H6/c1-8(9(2)10-3)7-11-5-4-6-12;1-2/h7,9-12H,4-6H2,1-3H3;1-2H3/b8-7-;. The van der Waals surface area contributed by atoms with Crippen LogP contribution in [0.5, 0.6) is 0 Å². The number of aliphatic hydroxyl groups excluding tert-OH is 1. The summed E-state index contributed by atoms with van der Waals surface area (Å²) in [6.45, 7) is 9.28. The molecule has 0 heterocycles. The molecule has 0 radical (unpaired) electrons. The van der Waals surface area contributed by atoms with Crippen molar-refractivity contribution in [3.8, 4) is 0 Å². The largest absolute Gasteiger partial charge is 0.396 e. The molecule has 0 saturated carbocycles. The van der Waals surface area contributed by atoms with Gasteiger partial charge in [-0.25, -0.2) is 0 Å². The van der Waals surface area contributed by atoms with Gasteiger partial charge in [0.2, 0.25) is 0 Å². The molecule has 0 aromatic carbocycles. The highest BCUT2D eigenvalue weighted by Crippen LogP contribution is 1.96. The summed E-state index contributed by atoms with van der Waals surface area (Å²) in [5.74, 6) is 0. The van der Waals surface area contributed by atoms with Crippen LogP contribution in [0, 0.1) is 0 Å². The van der Waals surface area contributed by atoms with Crippen molar-refractivity contribution < 1.29 is 5.11 Å². The summed E-state index contributed by atoms with van der Waals surface area (Å²) < 4.78 is 0. The van der Waals surface area contributed by atoms with E-state index in [0.29, 0.717) is 6.04 Å². The van der Waals surface area contributed by atoms with E-state index >= 15 is 0 Å². The number of hydrogen-bond acceptors (Lipinski definition) is 3. The number of likely N-dealkylation sites (N-methyl/N-ethyl adjacent to an activating group) is 1. The third-order valence-corrected chi connectivity index (χ3v) is 1.92. The molecule has 1 unspecified atom stereocenters. The van der Waals surface area contributed by atoms with Crippen molar-refractivity contribution in [3.05, 3.63) is 11.8 Å². The van der Waals surface area contributed by atoms with Gasteiger partial charge in [0.25, 0.3) is 0 Å². The summed E-state index contributed by atoms with van der Waals surface area (Å²) in [7, 11) is 1.94. The van der Waals surface area contributed by atoms with E-state index in [0.717, 1.165) is 13.0 Å². The molecule has 0 amide bonds. The Morgan fingerprint density at radius 1 is 1.43 bits per heavy atom. The molecule has 3 N–H and O–H groups in total. The van der Waals surface area contributed by atoms with Crippen LogP contribution in [0.25, 0.3) is 0 Å². The number of rotatable bonds is 6. The molecule has 0 aromatic rings. The van der Waals surface area contributed by atoms with Crippen LogP contribution < -0.4 is 10.6 Å². The smallest absolute Gasteiger partial charge is 0.0447 e. The Hall–Kier alpha value is -0.540. The fourth-order valence-electron chi connectivity index (χ4n) is 0.767. The Kier molecular flexibility index (Phi) is 14.2. The first kappa shape index (κ1) is 15.9. The van der Waals surface area contributed by atoms with Gasteiger partial charge in [0.1, 0.15) is 0 Å². The normalized spacial score (nSPS) is 12.9. The summed E-state index contributed by atoms with van der Waals surface area (Å²) in [4.78, 5) is 0. The summed E-state index contributed by atoms with van der Waals surface area (Å²) in [5, 5.41) is 14.8. The highest BCUT2D eigenvalue weighted by molar-refractivity contribution is 5.04. The lowest BCUT2D eigenvalue weighted by atomic mass is 10.2. The van der Waals surface area contributed by atoms with E-state index in [1.165, 1.54) is 5.57 Å². The molecule has 0 bridgehead atoms. The Bertz CT molecular complexity index is 135. The molecular formula is C11H26N2O. The topological polar surface area (TPSA) is 44.3 Å². The van der Waals surface area contributed by atoms with Gasteiger partial charge in [0, 0.05) is 19.2 Å². The molecule has 14 heavy (non-hydrogen) atoms. The molecule has 3 heteroatoms. The Labute approximate surface area is 88.6 Å². The van der Waals surface area contributed by atoms with E-state index in [4.69, 9.17) is 5.11 Å². The quantitative estimate of drug-likeness (QED) is 0.572. The minimum atomic E-state index is 0.251. The first-order valence-electron chi connectivity index (χ1n) is 5.40. The van der Waals surface area contributed by atoms with Gasteiger partial charge >= 0.3 is 0 Å². The van der Waals surface area contributed by atoms with E-state index in [1.807, 2.05) is 27.1 Å². The zero-order valence-electron chi connectivity index (χ0n) is 10.2. The fourth-order valence-corrected chi connectivity index (χ4v) is 0.767. The maximum absolute atomic E-state index is 8.51. The molecule has 0 spiro atoms. The van der Waals surface area contributed by atoms with Crippen molar-refractivity contribution in [1.29, 1.82) is 0 Å². The van der Waals surface area contributed by atoms with Gasteiger partial charge in [-0.1, -0.05) is 13.8 Å². The Morgan fingerprint density at radius 3 is 2.43 bits per heavy atom. The molecule has 0 rings (SSSR count). The second kappa shape index (κ2) is 12.5. The monoisotopic (exact) mass is 202 g/mol. The minimum Gasteiger partial charge on any atom is -0.396 e. The van der Waals surface area contributed by atoms with Crippen molar-refractivity contribution in [2.45, 2.75) is 40.2 Å². The van der Waals surface area contributed by atoms with E-state index in [-0.39, 0.29) is 6.61 Å². The van der Waals surface area contributed by atoms with Crippen molar-refractivity contribution in [2.75, 3.05) is 20.2 Å². The van der Waals surface area contributed by atoms with Gasteiger partial charge in [-0.05, 0) is 39.1 Å². The summed E-state index contributed by atoms with van der Waals surface area (Å²) in [5.41, 5.74) is 1.27. The van der Waals surface area contributed by atoms with Gasteiger partial charge in [0.05, 0.1) is 0 Å². The van der Waals surface area contributed by atoms with Gasteiger partial charge in [-0.15, -0.1) is 0 Å². The SMILES string of the molecule is CC.CNC(C)/C(C)=C\NCCCO. The molecule has 0 aliphatic heterocycles.